The van der Waals surface area contributed by atoms with Crippen molar-refractivity contribution >= 4 is 28.5 Å². The molecule has 1 aromatic heterocycles. The highest BCUT2D eigenvalue weighted by Crippen LogP contribution is 2.22. The van der Waals surface area contributed by atoms with Crippen LogP contribution in [0.1, 0.15) is 18.4 Å². The van der Waals surface area contributed by atoms with Gasteiger partial charge in [-0.25, -0.2) is 4.98 Å². The van der Waals surface area contributed by atoms with Crippen molar-refractivity contribution in [3.8, 4) is 0 Å². The van der Waals surface area contributed by atoms with Crippen LogP contribution in [0.2, 0.25) is 0 Å². The van der Waals surface area contributed by atoms with Gasteiger partial charge in [0, 0.05) is 32.4 Å². The van der Waals surface area contributed by atoms with Crippen LogP contribution in [0.25, 0.3) is 10.9 Å². The summed E-state index contributed by atoms with van der Waals surface area (Å²) in [6.45, 7) is 0.412. The van der Waals surface area contributed by atoms with Gasteiger partial charge in [-0.1, -0.05) is 18.2 Å². The number of amides is 2. The largest absolute Gasteiger partial charge is 0.363 e. The molecule has 23 heavy (non-hydrogen) atoms. The summed E-state index contributed by atoms with van der Waals surface area (Å²) >= 11 is 0. The molecule has 3 rings (SSSR count). The maximum atomic E-state index is 12.2. The predicted molar refractivity (Wildman–Crippen MR) is 89.1 cm³/mol. The summed E-state index contributed by atoms with van der Waals surface area (Å²) in [6.07, 6.45) is 0.978. The number of hydrogen-bond acceptors (Lipinski definition) is 4. The van der Waals surface area contributed by atoms with Gasteiger partial charge in [-0.15, -0.1) is 0 Å². The van der Waals surface area contributed by atoms with Gasteiger partial charge in [0.15, 0.2) is 0 Å². The van der Waals surface area contributed by atoms with E-state index in [1.165, 1.54) is 0 Å². The van der Waals surface area contributed by atoms with Crippen LogP contribution in [0.4, 0.5) is 5.82 Å². The van der Waals surface area contributed by atoms with Crippen molar-refractivity contribution in [2.24, 2.45) is 0 Å². The van der Waals surface area contributed by atoms with E-state index in [9.17, 15) is 9.59 Å². The molecule has 0 bridgehead atoms. The van der Waals surface area contributed by atoms with Crippen molar-refractivity contribution in [1.82, 2.24) is 15.6 Å². The maximum absolute atomic E-state index is 12.2. The van der Waals surface area contributed by atoms with Gasteiger partial charge in [0.05, 0.1) is 5.52 Å². The minimum Gasteiger partial charge on any atom is -0.363 e. The zero-order valence-electron chi connectivity index (χ0n) is 13.3. The third kappa shape index (κ3) is 3.26. The molecule has 1 atom stereocenters. The van der Waals surface area contributed by atoms with E-state index in [1.54, 1.807) is 0 Å². The molecule has 2 N–H and O–H groups in total. The molecule has 2 heterocycles. The SMILES string of the molecule is CN(C)c1cc(CNC(=O)[C@H]2CCC(=O)N2)c2ccccc2n1. The Bertz CT molecular complexity index is 757. The van der Waals surface area contributed by atoms with Crippen LogP contribution in [-0.4, -0.2) is 36.9 Å². The number of fused-ring (bicyclic) bond motifs is 1. The Morgan fingerprint density at radius 1 is 1.39 bits per heavy atom. The molecule has 0 saturated carbocycles. The minimum atomic E-state index is -0.413. The van der Waals surface area contributed by atoms with Crippen molar-refractivity contribution in [2.75, 3.05) is 19.0 Å². The van der Waals surface area contributed by atoms with Crippen molar-refractivity contribution in [3.63, 3.8) is 0 Å². The molecule has 1 aliphatic heterocycles. The van der Waals surface area contributed by atoms with E-state index in [1.807, 2.05) is 49.3 Å². The smallest absolute Gasteiger partial charge is 0.242 e. The monoisotopic (exact) mass is 312 g/mol. The number of anilines is 1. The Morgan fingerprint density at radius 3 is 2.87 bits per heavy atom. The highest BCUT2D eigenvalue weighted by atomic mass is 16.2. The molecule has 0 spiro atoms. The fraction of sp³-hybridized carbons (Fsp3) is 0.353. The molecule has 0 aliphatic carbocycles. The van der Waals surface area contributed by atoms with E-state index >= 15 is 0 Å². The molecule has 2 amide bonds. The number of nitrogens with one attached hydrogen (secondary N) is 2. The lowest BCUT2D eigenvalue weighted by molar-refractivity contribution is -0.125. The van der Waals surface area contributed by atoms with Crippen LogP contribution in [0.3, 0.4) is 0 Å². The lowest BCUT2D eigenvalue weighted by atomic mass is 10.1. The van der Waals surface area contributed by atoms with Crippen LogP contribution in [0, 0.1) is 0 Å². The van der Waals surface area contributed by atoms with Crippen LogP contribution in [0.5, 0.6) is 0 Å². The van der Waals surface area contributed by atoms with Gasteiger partial charge in [-0.2, -0.15) is 0 Å². The maximum Gasteiger partial charge on any atom is 0.242 e. The molecule has 6 heteroatoms. The van der Waals surface area contributed by atoms with Gasteiger partial charge in [0.1, 0.15) is 11.9 Å². The molecule has 1 aromatic carbocycles. The zero-order valence-corrected chi connectivity index (χ0v) is 13.3. The Morgan fingerprint density at radius 2 is 2.17 bits per heavy atom. The lowest BCUT2D eigenvalue weighted by Gasteiger charge is -2.16. The number of pyridine rings is 1. The standard InChI is InChI=1S/C17H20N4O2/c1-21(2)15-9-11(12-5-3-4-6-13(12)19-15)10-18-17(23)14-7-8-16(22)20-14/h3-6,9,14H,7-8,10H2,1-2H3,(H,18,23)(H,20,22)/t14-/m1/s1. The second-order valence-corrected chi connectivity index (χ2v) is 5.93. The molecule has 2 aromatic rings. The van der Waals surface area contributed by atoms with Crippen molar-refractivity contribution in [1.29, 1.82) is 0 Å². The first-order chi connectivity index (χ1) is 11.0. The van der Waals surface area contributed by atoms with Gasteiger partial charge in [0.25, 0.3) is 0 Å². The van der Waals surface area contributed by atoms with Crippen LogP contribution < -0.4 is 15.5 Å². The quantitative estimate of drug-likeness (QED) is 0.889. The fourth-order valence-corrected chi connectivity index (χ4v) is 2.72. The number of carbonyl (C=O) groups is 2. The summed E-state index contributed by atoms with van der Waals surface area (Å²) < 4.78 is 0. The third-order valence-corrected chi connectivity index (χ3v) is 4.01. The summed E-state index contributed by atoms with van der Waals surface area (Å²) in [5.41, 5.74) is 1.91. The first-order valence-corrected chi connectivity index (χ1v) is 7.67. The first-order valence-electron chi connectivity index (χ1n) is 7.67. The molecule has 1 aliphatic rings. The second kappa shape index (κ2) is 6.24. The Labute approximate surface area is 134 Å². The second-order valence-electron chi connectivity index (χ2n) is 5.93. The van der Waals surface area contributed by atoms with E-state index in [0.717, 1.165) is 22.3 Å². The Balaban J connectivity index is 1.81. The van der Waals surface area contributed by atoms with Gasteiger partial charge in [-0.3, -0.25) is 9.59 Å². The number of carbonyl (C=O) groups excluding carboxylic acids is 2. The third-order valence-electron chi connectivity index (χ3n) is 4.01. The normalized spacial score (nSPS) is 17.1. The summed E-state index contributed by atoms with van der Waals surface area (Å²) in [5.74, 6) is 0.652. The molecule has 0 unspecified atom stereocenters. The zero-order chi connectivity index (χ0) is 16.4. The van der Waals surface area contributed by atoms with Gasteiger partial charge < -0.3 is 15.5 Å². The number of benzene rings is 1. The Kier molecular flexibility index (Phi) is 4.14. The van der Waals surface area contributed by atoms with Crippen molar-refractivity contribution in [2.45, 2.75) is 25.4 Å². The van der Waals surface area contributed by atoms with Crippen LogP contribution in [0.15, 0.2) is 30.3 Å². The topological polar surface area (TPSA) is 74.3 Å². The summed E-state index contributed by atoms with van der Waals surface area (Å²) in [4.78, 5) is 29.9. The van der Waals surface area contributed by atoms with Gasteiger partial charge in [0.2, 0.25) is 11.8 Å². The van der Waals surface area contributed by atoms with E-state index < -0.39 is 6.04 Å². The Hall–Kier alpha value is -2.63. The van der Waals surface area contributed by atoms with Crippen LogP contribution >= 0.6 is 0 Å². The number of aromatic nitrogens is 1. The number of hydrogen-bond donors (Lipinski definition) is 2. The summed E-state index contributed by atoms with van der Waals surface area (Å²) in [5, 5.41) is 6.63. The highest BCUT2D eigenvalue weighted by molar-refractivity contribution is 5.91. The lowest BCUT2D eigenvalue weighted by Crippen LogP contribution is -2.41. The van der Waals surface area contributed by atoms with E-state index in [2.05, 4.69) is 15.6 Å². The molecule has 6 nitrogen and oxygen atoms in total. The molecule has 1 fully saturated rings. The molecule has 0 radical (unpaired) electrons. The molecule has 1 saturated heterocycles. The average molecular weight is 312 g/mol. The molecule has 120 valence electrons. The summed E-state index contributed by atoms with van der Waals surface area (Å²) in [6, 6.07) is 9.44. The van der Waals surface area contributed by atoms with Crippen molar-refractivity contribution in [3.05, 3.63) is 35.9 Å². The number of nitrogens with zero attached hydrogens (tertiary/aromatic N) is 2. The minimum absolute atomic E-state index is 0.0607. The highest BCUT2D eigenvalue weighted by Gasteiger charge is 2.26. The van der Waals surface area contributed by atoms with Crippen LogP contribution in [-0.2, 0) is 16.1 Å². The average Bonchev–Trinajstić information content (AvgIpc) is 2.98. The molecular weight excluding hydrogens is 292 g/mol. The van der Waals surface area contributed by atoms with Gasteiger partial charge >= 0.3 is 0 Å². The number of para-hydroxylation sites is 1. The van der Waals surface area contributed by atoms with E-state index in [4.69, 9.17) is 0 Å². The van der Waals surface area contributed by atoms with Crippen molar-refractivity contribution < 1.29 is 9.59 Å². The number of rotatable bonds is 4. The van der Waals surface area contributed by atoms with Gasteiger partial charge in [-0.05, 0) is 24.1 Å². The first kappa shape index (κ1) is 15.3. The molecular formula is C17H20N4O2. The van der Waals surface area contributed by atoms with E-state index in [0.29, 0.717) is 19.4 Å². The predicted octanol–water partition coefficient (Wildman–Crippen LogP) is 1.20. The summed E-state index contributed by atoms with van der Waals surface area (Å²) in [7, 11) is 3.88. The fourth-order valence-electron chi connectivity index (χ4n) is 2.72. The van der Waals surface area contributed by atoms with E-state index in [-0.39, 0.29) is 11.8 Å².